The van der Waals surface area contributed by atoms with Crippen LogP contribution in [0.15, 0.2) is 24.3 Å². The largest absolute Gasteiger partial charge is 0.375 e. The van der Waals surface area contributed by atoms with Crippen LogP contribution in [0.25, 0.3) is 0 Å². The number of carbonyl (C=O) groups is 1. The van der Waals surface area contributed by atoms with Crippen LogP contribution >= 0.6 is 0 Å². The Labute approximate surface area is 138 Å². The van der Waals surface area contributed by atoms with Gasteiger partial charge in [0.25, 0.3) is 0 Å². The molecular weight excluding hydrogens is 290 g/mol. The number of likely N-dealkylation sites (N-methyl/N-ethyl adjacent to an activating group) is 1. The number of benzene rings is 1. The summed E-state index contributed by atoms with van der Waals surface area (Å²) in [5, 5.41) is 8.89. The van der Waals surface area contributed by atoms with Crippen LogP contribution in [0.1, 0.15) is 37.9 Å². The maximum Gasteiger partial charge on any atom is 0.236 e. The third-order valence-corrected chi connectivity index (χ3v) is 4.41. The Balaban J connectivity index is 2.00. The van der Waals surface area contributed by atoms with Crippen LogP contribution in [0.5, 0.6) is 0 Å². The second-order valence-electron chi connectivity index (χ2n) is 5.99. The van der Waals surface area contributed by atoms with Crippen molar-refractivity contribution < 1.29 is 9.53 Å². The molecule has 0 N–H and O–H groups in total. The van der Waals surface area contributed by atoms with Crippen LogP contribution in [-0.4, -0.2) is 54.6 Å². The van der Waals surface area contributed by atoms with Crippen molar-refractivity contribution in [2.24, 2.45) is 0 Å². The lowest BCUT2D eigenvalue weighted by molar-refractivity contribution is -0.139. The van der Waals surface area contributed by atoms with E-state index in [1.54, 1.807) is 0 Å². The van der Waals surface area contributed by atoms with Gasteiger partial charge in [-0.05, 0) is 38.1 Å². The molecule has 5 nitrogen and oxygen atoms in total. The molecule has 0 bridgehead atoms. The predicted octanol–water partition coefficient (Wildman–Crippen LogP) is 2.19. The highest BCUT2D eigenvalue weighted by molar-refractivity contribution is 5.78. The number of carbonyl (C=O) groups excluding carboxylic acids is 1. The van der Waals surface area contributed by atoms with E-state index in [2.05, 4.69) is 24.8 Å². The zero-order valence-electron chi connectivity index (χ0n) is 14.2. The summed E-state index contributed by atoms with van der Waals surface area (Å²) in [6.45, 7) is 9.32. The van der Waals surface area contributed by atoms with Gasteiger partial charge in [0.15, 0.2) is 0 Å². The van der Waals surface area contributed by atoms with Gasteiger partial charge in [-0.2, -0.15) is 5.26 Å². The minimum atomic E-state index is 0.110. The van der Waals surface area contributed by atoms with Gasteiger partial charge in [0.2, 0.25) is 5.91 Å². The SMILES string of the molecule is CCN(CC(=O)N1CCO[C@H](C)C1)[C@H](C)c1ccc(C#N)cc1. The Bertz CT molecular complexity index is 565. The highest BCUT2D eigenvalue weighted by atomic mass is 16.5. The molecular formula is C18H25N3O2. The lowest BCUT2D eigenvalue weighted by Gasteiger charge is -2.34. The molecule has 1 aromatic carbocycles. The van der Waals surface area contributed by atoms with Gasteiger partial charge in [-0.15, -0.1) is 0 Å². The average Bonchev–Trinajstić information content (AvgIpc) is 2.59. The first kappa shape index (κ1) is 17.5. The van der Waals surface area contributed by atoms with Crippen LogP contribution in [-0.2, 0) is 9.53 Å². The van der Waals surface area contributed by atoms with Crippen LogP contribution in [0, 0.1) is 11.3 Å². The third-order valence-electron chi connectivity index (χ3n) is 4.41. The smallest absolute Gasteiger partial charge is 0.236 e. The lowest BCUT2D eigenvalue weighted by Crippen LogP contribution is -2.48. The second kappa shape index (κ2) is 8.09. The zero-order chi connectivity index (χ0) is 16.8. The molecule has 5 heteroatoms. The molecule has 0 spiro atoms. The average molecular weight is 315 g/mol. The number of nitrogens with zero attached hydrogens (tertiary/aromatic N) is 3. The summed E-state index contributed by atoms with van der Waals surface area (Å²) in [5.41, 5.74) is 1.77. The number of ether oxygens (including phenoxy) is 1. The van der Waals surface area contributed by atoms with E-state index in [-0.39, 0.29) is 18.1 Å². The highest BCUT2D eigenvalue weighted by Crippen LogP contribution is 2.20. The summed E-state index contributed by atoms with van der Waals surface area (Å²) < 4.78 is 5.49. The summed E-state index contributed by atoms with van der Waals surface area (Å²) in [5.74, 6) is 0.155. The molecule has 1 heterocycles. The topological polar surface area (TPSA) is 56.6 Å². The molecule has 1 aliphatic heterocycles. The molecule has 1 amide bonds. The van der Waals surface area contributed by atoms with Gasteiger partial charge in [0, 0.05) is 19.1 Å². The summed E-state index contributed by atoms with van der Waals surface area (Å²) in [6, 6.07) is 9.84. The van der Waals surface area contributed by atoms with Gasteiger partial charge in [-0.1, -0.05) is 19.1 Å². The first-order valence-corrected chi connectivity index (χ1v) is 8.18. The minimum absolute atomic E-state index is 0.110. The van der Waals surface area contributed by atoms with Crippen LogP contribution in [0.4, 0.5) is 0 Å². The first-order chi connectivity index (χ1) is 11.0. The maximum atomic E-state index is 12.5. The molecule has 124 valence electrons. The number of nitriles is 1. The Morgan fingerprint density at radius 1 is 1.48 bits per heavy atom. The van der Waals surface area contributed by atoms with E-state index in [1.807, 2.05) is 36.1 Å². The summed E-state index contributed by atoms with van der Waals surface area (Å²) in [7, 11) is 0. The molecule has 0 unspecified atom stereocenters. The van der Waals surface area contributed by atoms with Crippen molar-refractivity contribution in [2.45, 2.75) is 32.9 Å². The Morgan fingerprint density at radius 3 is 2.74 bits per heavy atom. The van der Waals surface area contributed by atoms with Gasteiger partial charge in [0.1, 0.15) is 0 Å². The fraction of sp³-hybridized carbons (Fsp3) is 0.556. The maximum absolute atomic E-state index is 12.5. The van der Waals surface area contributed by atoms with E-state index in [0.29, 0.717) is 31.8 Å². The van der Waals surface area contributed by atoms with Crippen molar-refractivity contribution in [1.29, 1.82) is 5.26 Å². The molecule has 1 aliphatic rings. The van der Waals surface area contributed by atoms with Crippen molar-refractivity contribution in [2.75, 3.05) is 32.8 Å². The first-order valence-electron chi connectivity index (χ1n) is 8.18. The quantitative estimate of drug-likeness (QED) is 0.836. The standard InChI is InChI=1S/C18H25N3O2/c1-4-20(13-18(22)21-9-10-23-14(2)12-21)15(3)17-7-5-16(11-19)6-8-17/h5-8,14-15H,4,9-10,12-13H2,1-3H3/t14-,15-/m1/s1. The van der Waals surface area contributed by atoms with E-state index in [4.69, 9.17) is 10.00 Å². The monoisotopic (exact) mass is 315 g/mol. The van der Waals surface area contributed by atoms with Gasteiger partial charge < -0.3 is 9.64 Å². The molecule has 0 saturated carbocycles. The summed E-state index contributed by atoms with van der Waals surface area (Å²) >= 11 is 0. The van der Waals surface area contributed by atoms with E-state index in [0.717, 1.165) is 12.1 Å². The van der Waals surface area contributed by atoms with E-state index >= 15 is 0 Å². The Kier molecular flexibility index (Phi) is 6.14. The minimum Gasteiger partial charge on any atom is -0.375 e. The molecule has 0 aromatic heterocycles. The van der Waals surface area contributed by atoms with E-state index in [9.17, 15) is 4.79 Å². The van der Waals surface area contributed by atoms with Gasteiger partial charge in [0.05, 0.1) is 30.9 Å². The fourth-order valence-corrected chi connectivity index (χ4v) is 2.89. The number of hydrogen-bond acceptors (Lipinski definition) is 4. The zero-order valence-corrected chi connectivity index (χ0v) is 14.2. The van der Waals surface area contributed by atoms with Crippen molar-refractivity contribution in [3.8, 4) is 6.07 Å². The molecule has 1 fully saturated rings. The number of hydrogen-bond donors (Lipinski definition) is 0. The van der Waals surface area contributed by atoms with Crippen molar-refractivity contribution in [3.63, 3.8) is 0 Å². The number of amides is 1. The molecule has 0 radical (unpaired) electrons. The van der Waals surface area contributed by atoms with Crippen LogP contribution in [0.2, 0.25) is 0 Å². The summed E-state index contributed by atoms with van der Waals surface area (Å²) in [6.07, 6.45) is 0.110. The Hall–Kier alpha value is -1.90. The second-order valence-corrected chi connectivity index (χ2v) is 5.99. The Morgan fingerprint density at radius 2 is 2.17 bits per heavy atom. The lowest BCUT2D eigenvalue weighted by atomic mass is 10.0. The van der Waals surface area contributed by atoms with E-state index in [1.165, 1.54) is 0 Å². The van der Waals surface area contributed by atoms with Crippen molar-refractivity contribution in [1.82, 2.24) is 9.80 Å². The van der Waals surface area contributed by atoms with Crippen molar-refractivity contribution in [3.05, 3.63) is 35.4 Å². The third kappa shape index (κ3) is 4.54. The van der Waals surface area contributed by atoms with Gasteiger partial charge >= 0.3 is 0 Å². The highest BCUT2D eigenvalue weighted by Gasteiger charge is 2.24. The summed E-state index contributed by atoms with van der Waals surface area (Å²) in [4.78, 5) is 16.6. The molecule has 23 heavy (non-hydrogen) atoms. The molecule has 1 aromatic rings. The normalized spacial score (nSPS) is 19.4. The number of morpholine rings is 1. The van der Waals surface area contributed by atoms with Crippen LogP contribution < -0.4 is 0 Å². The number of rotatable bonds is 5. The van der Waals surface area contributed by atoms with Crippen molar-refractivity contribution >= 4 is 5.91 Å². The van der Waals surface area contributed by atoms with E-state index < -0.39 is 0 Å². The molecule has 0 aliphatic carbocycles. The molecule has 2 rings (SSSR count). The molecule has 2 atom stereocenters. The van der Waals surface area contributed by atoms with Gasteiger partial charge in [-0.25, -0.2) is 0 Å². The molecule has 1 saturated heterocycles. The van der Waals surface area contributed by atoms with Crippen LogP contribution in [0.3, 0.4) is 0 Å². The van der Waals surface area contributed by atoms with Gasteiger partial charge in [-0.3, -0.25) is 9.69 Å². The predicted molar refractivity (Wildman–Crippen MR) is 88.8 cm³/mol. The fourth-order valence-electron chi connectivity index (χ4n) is 2.89.